The van der Waals surface area contributed by atoms with E-state index < -0.39 is 6.10 Å². The average molecular weight is 619 g/mol. The van der Waals surface area contributed by atoms with E-state index in [1.165, 1.54) is 0 Å². The molecule has 2 aliphatic rings. The molecule has 2 saturated carbocycles. The minimum Gasteiger partial charge on any atom is -0.391 e. The van der Waals surface area contributed by atoms with Crippen molar-refractivity contribution in [3.05, 3.63) is 89.9 Å². The second-order valence-electron chi connectivity index (χ2n) is 12.8. The van der Waals surface area contributed by atoms with E-state index >= 15 is 0 Å². The molecule has 3 heterocycles. The van der Waals surface area contributed by atoms with Gasteiger partial charge in [-0.1, -0.05) is 49.2 Å². The van der Waals surface area contributed by atoms with Crippen molar-refractivity contribution >= 4 is 11.7 Å². The number of rotatable bonds is 10. The lowest BCUT2D eigenvalue weighted by Gasteiger charge is -2.33. The average Bonchev–Trinajstić information content (AvgIpc) is 3.53. The number of hydrogen-bond donors (Lipinski definition) is 3. The van der Waals surface area contributed by atoms with E-state index in [-0.39, 0.29) is 23.8 Å². The fourth-order valence-corrected chi connectivity index (χ4v) is 6.96. The largest absolute Gasteiger partial charge is 0.391 e. The monoisotopic (exact) mass is 618 g/mol. The number of pyridine rings is 1. The second kappa shape index (κ2) is 14.6. The van der Waals surface area contributed by atoms with Gasteiger partial charge in [-0.3, -0.25) is 14.5 Å². The maximum Gasteiger partial charge on any atom is 0.229 e. The summed E-state index contributed by atoms with van der Waals surface area (Å²) in [6.45, 7) is 0.476. The zero-order valence-corrected chi connectivity index (χ0v) is 26.3. The molecule has 4 aromatic rings. The molecule has 0 aliphatic heterocycles. The van der Waals surface area contributed by atoms with Crippen molar-refractivity contribution in [1.82, 2.24) is 30.0 Å². The number of benzene rings is 1. The van der Waals surface area contributed by atoms with E-state index in [1.54, 1.807) is 10.9 Å². The third kappa shape index (κ3) is 7.60. The third-order valence-corrected chi connectivity index (χ3v) is 9.58. The first-order valence-corrected chi connectivity index (χ1v) is 16.4. The van der Waals surface area contributed by atoms with Crippen molar-refractivity contribution in [2.24, 2.45) is 18.9 Å². The number of carbonyl (C=O) groups excluding carboxylic acids is 1. The topological polar surface area (TPSA) is 142 Å². The Kier molecular flexibility index (Phi) is 9.99. The van der Waals surface area contributed by atoms with Crippen LogP contribution in [0.1, 0.15) is 79.9 Å². The third-order valence-electron chi connectivity index (χ3n) is 9.58. The standard InChI is InChI=1S/C36H42N8O2/c1-44-23-29(22-41-44)27-15-16-31(38-20-27)34(36(46)40-19-25-7-3-2-4-8-25)26-13-11-24(12-14-26)17-33-39-21-28(18-37)35(43-33)42-30-9-5-6-10-32(30)45/h2-4,7-8,15-16,20-24,26,30,32,34,45H,5-6,9-14,17,19H2,1H3,(H,40,46)(H,39,42,43). The summed E-state index contributed by atoms with van der Waals surface area (Å²) in [5, 5.41) is 30.9. The number of amides is 1. The molecule has 0 bridgehead atoms. The molecule has 10 heteroatoms. The van der Waals surface area contributed by atoms with Gasteiger partial charge in [-0.25, -0.2) is 9.97 Å². The number of carbonyl (C=O) groups is 1. The summed E-state index contributed by atoms with van der Waals surface area (Å²) in [6.07, 6.45) is 14.9. The van der Waals surface area contributed by atoms with Crippen LogP contribution in [0, 0.1) is 23.2 Å². The molecular weight excluding hydrogens is 576 g/mol. The predicted octanol–water partition coefficient (Wildman–Crippen LogP) is 5.31. The molecule has 3 aromatic heterocycles. The maximum atomic E-state index is 13.8. The van der Waals surface area contributed by atoms with Gasteiger partial charge in [0.05, 0.1) is 36.2 Å². The molecule has 3 atom stereocenters. The Bertz CT molecular complexity index is 1640. The molecule has 3 unspecified atom stereocenters. The molecule has 238 valence electrons. The van der Waals surface area contributed by atoms with Gasteiger partial charge < -0.3 is 15.7 Å². The molecule has 6 rings (SSSR count). The van der Waals surface area contributed by atoms with Crippen molar-refractivity contribution < 1.29 is 9.90 Å². The van der Waals surface area contributed by atoms with Gasteiger partial charge in [-0.2, -0.15) is 10.4 Å². The summed E-state index contributed by atoms with van der Waals surface area (Å²) in [5.74, 6) is 1.42. The van der Waals surface area contributed by atoms with Crippen molar-refractivity contribution in [2.45, 2.75) is 82.4 Å². The molecule has 1 amide bonds. The van der Waals surface area contributed by atoms with E-state index in [2.05, 4.69) is 26.8 Å². The zero-order valence-electron chi connectivity index (χ0n) is 26.3. The fraction of sp³-hybridized carbons (Fsp3) is 0.444. The Balaban J connectivity index is 1.13. The van der Waals surface area contributed by atoms with E-state index in [0.717, 1.165) is 73.8 Å². The molecule has 0 saturated heterocycles. The highest BCUT2D eigenvalue weighted by Gasteiger charge is 2.34. The quantitative estimate of drug-likeness (QED) is 0.217. The Hall–Kier alpha value is -4.62. The van der Waals surface area contributed by atoms with Crippen LogP contribution >= 0.6 is 0 Å². The number of aryl methyl sites for hydroxylation is 1. The van der Waals surface area contributed by atoms with Crippen LogP contribution in [0.2, 0.25) is 0 Å². The number of anilines is 1. The number of nitrogens with zero attached hydrogens (tertiary/aromatic N) is 6. The first-order chi connectivity index (χ1) is 22.5. The summed E-state index contributed by atoms with van der Waals surface area (Å²) in [5.41, 5.74) is 4.21. The number of hydrogen-bond acceptors (Lipinski definition) is 8. The van der Waals surface area contributed by atoms with Crippen LogP contribution in [-0.4, -0.2) is 47.9 Å². The highest BCUT2D eigenvalue weighted by molar-refractivity contribution is 5.83. The Labute approximate surface area is 270 Å². The zero-order chi connectivity index (χ0) is 31.9. The molecule has 3 N–H and O–H groups in total. The number of nitrogens with one attached hydrogen (secondary N) is 2. The first-order valence-electron chi connectivity index (χ1n) is 16.4. The Morgan fingerprint density at radius 2 is 1.80 bits per heavy atom. The van der Waals surface area contributed by atoms with Crippen LogP contribution in [0.15, 0.2) is 67.3 Å². The minimum atomic E-state index is -0.437. The lowest BCUT2D eigenvalue weighted by Crippen LogP contribution is -2.37. The van der Waals surface area contributed by atoms with Crippen molar-refractivity contribution in [3.63, 3.8) is 0 Å². The van der Waals surface area contributed by atoms with Gasteiger partial charge >= 0.3 is 0 Å². The van der Waals surface area contributed by atoms with E-state index in [4.69, 9.17) is 9.97 Å². The van der Waals surface area contributed by atoms with Gasteiger partial charge in [0.25, 0.3) is 0 Å². The molecule has 0 radical (unpaired) electrons. The molecule has 0 spiro atoms. The number of nitriles is 1. The number of aliphatic hydroxyl groups excluding tert-OH is 1. The highest BCUT2D eigenvalue weighted by atomic mass is 16.3. The van der Waals surface area contributed by atoms with Crippen LogP contribution in [0.4, 0.5) is 5.82 Å². The second-order valence-corrected chi connectivity index (χ2v) is 12.8. The van der Waals surface area contributed by atoms with Crippen molar-refractivity contribution in [2.75, 3.05) is 5.32 Å². The van der Waals surface area contributed by atoms with Crippen LogP contribution in [-0.2, 0) is 24.8 Å². The number of aliphatic hydroxyl groups is 1. The maximum absolute atomic E-state index is 13.8. The van der Waals surface area contributed by atoms with Crippen LogP contribution in [0.3, 0.4) is 0 Å². The van der Waals surface area contributed by atoms with E-state index in [9.17, 15) is 15.2 Å². The molecule has 10 nitrogen and oxygen atoms in total. The van der Waals surface area contributed by atoms with Crippen LogP contribution in [0.25, 0.3) is 11.1 Å². The summed E-state index contributed by atoms with van der Waals surface area (Å²) < 4.78 is 1.77. The van der Waals surface area contributed by atoms with Crippen LogP contribution in [0.5, 0.6) is 0 Å². The summed E-state index contributed by atoms with van der Waals surface area (Å²) in [6, 6.07) is 16.1. The van der Waals surface area contributed by atoms with Crippen molar-refractivity contribution in [1.29, 1.82) is 5.26 Å². The summed E-state index contributed by atoms with van der Waals surface area (Å²) in [7, 11) is 1.89. The fourth-order valence-electron chi connectivity index (χ4n) is 6.96. The van der Waals surface area contributed by atoms with Crippen molar-refractivity contribution in [3.8, 4) is 17.2 Å². The van der Waals surface area contributed by atoms with Gasteiger partial charge in [-0.05, 0) is 62.0 Å². The smallest absolute Gasteiger partial charge is 0.229 e. The minimum absolute atomic E-state index is 0.00460. The number of aromatic nitrogens is 5. The molecule has 2 fully saturated rings. The Morgan fingerprint density at radius 3 is 2.50 bits per heavy atom. The molecular formula is C36H42N8O2. The van der Waals surface area contributed by atoms with Gasteiger partial charge in [0.2, 0.25) is 5.91 Å². The lowest BCUT2D eigenvalue weighted by molar-refractivity contribution is -0.124. The van der Waals surface area contributed by atoms with Gasteiger partial charge in [-0.15, -0.1) is 0 Å². The highest BCUT2D eigenvalue weighted by Crippen LogP contribution is 2.39. The Morgan fingerprint density at radius 1 is 1.00 bits per heavy atom. The molecule has 46 heavy (non-hydrogen) atoms. The predicted molar refractivity (Wildman–Crippen MR) is 175 cm³/mol. The van der Waals surface area contributed by atoms with Crippen LogP contribution < -0.4 is 10.6 Å². The van der Waals surface area contributed by atoms with E-state index in [0.29, 0.717) is 36.1 Å². The SMILES string of the molecule is Cn1cc(-c2ccc(C(C(=O)NCc3ccccc3)C3CCC(Cc4ncc(C#N)c(NC5CCCCC5O)n4)CC3)nc2)cn1. The normalized spacial score (nSPS) is 22.0. The van der Waals surface area contributed by atoms with Gasteiger partial charge in [0.15, 0.2) is 0 Å². The summed E-state index contributed by atoms with van der Waals surface area (Å²) in [4.78, 5) is 27.9. The lowest BCUT2D eigenvalue weighted by atomic mass is 9.73. The van der Waals surface area contributed by atoms with Gasteiger partial charge in [0, 0.05) is 43.5 Å². The van der Waals surface area contributed by atoms with E-state index in [1.807, 2.05) is 68.1 Å². The summed E-state index contributed by atoms with van der Waals surface area (Å²) >= 11 is 0. The molecule has 1 aromatic carbocycles. The first kappa shape index (κ1) is 31.4. The molecule has 2 aliphatic carbocycles. The van der Waals surface area contributed by atoms with Gasteiger partial charge in [0.1, 0.15) is 23.3 Å².